The molecule has 1 atom stereocenters. The predicted octanol–water partition coefficient (Wildman–Crippen LogP) is 1.61. The van der Waals surface area contributed by atoms with Gasteiger partial charge < -0.3 is 25.0 Å². The summed E-state index contributed by atoms with van der Waals surface area (Å²) in [5.41, 5.74) is 0.235. The quantitative estimate of drug-likeness (QED) is 0.593. The number of methoxy groups -OCH3 is 2. The number of aliphatic carboxylic acids is 1. The summed E-state index contributed by atoms with van der Waals surface area (Å²) in [6.45, 7) is 2.66. The van der Waals surface area contributed by atoms with Gasteiger partial charge >= 0.3 is 5.97 Å². The molecule has 1 aliphatic rings. The summed E-state index contributed by atoms with van der Waals surface area (Å²) in [6.07, 6.45) is 0.557. The lowest BCUT2D eigenvalue weighted by Gasteiger charge is -2.22. The van der Waals surface area contributed by atoms with E-state index in [-0.39, 0.29) is 58.8 Å². The van der Waals surface area contributed by atoms with E-state index in [0.717, 1.165) is 0 Å². The Morgan fingerprint density at radius 2 is 1.83 bits per heavy atom. The third-order valence-electron chi connectivity index (χ3n) is 4.74. The van der Waals surface area contributed by atoms with Crippen LogP contribution in [0.4, 0.5) is 0 Å². The number of hydrogen-bond acceptors (Lipinski definition) is 7. The number of amides is 1. The largest absolute Gasteiger partial charge is 0.507 e. The van der Waals surface area contributed by atoms with Gasteiger partial charge in [-0.3, -0.25) is 14.4 Å². The number of allylic oxidation sites excluding steroid dienone is 2. The van der Waals surface area contributed by atoms with Gasteiger partial charge in [0.15, 0.2) is 11.5 Å². The molecule has 1 aliphatic carbocycles. The summed E-state index contributed by atoms with van der Waals surface area (Å²) < 4.78 is 10.3. The molecule has 29 heavy (non-hydrogen) atoms. The molecule has 0 saturated heterocycles. The van der Waals surface area contributed by atoms with E-state index in [1.54, 1.807) is 0 Å². The molecule has 0 fully saturated rings. The van der Waals surface area contributed by atoms with E-state index in [0.29, 0.717) is 0 Å². The number of ether oxygens (including phenoxy) is 2. The smallest absolute Gasteiger partial charge is 0.326 e. The number of phenols is 1. The molecule has 0 aliphatic heterocycles. The Bertz CT molecular complexity index is 916. The minimum Gasteiger partial charge on any atom is -0.507 e. The summed E-state index contributed by atoms with van der Waals surface area (Å²) in [5.74, 6) is -2.96. The molecule has 9 nitrogen and oxygen atoms in total. The van der Waals surface area contributed by atoms with Gasteiger partial charge in [-0.2, -0.15) is 0 Å². The van der Waals surface area contributed by atoms with Gasteiger partial charge in [0.2, 0.25) is 11.7 Å². The van der Waals surface area contributed by atoms with Crippen LogP contribution >= 0.6 is 0 Å². The molecule has 2 rings (SSSR count). The normalized spacial score (nSPS) is 14.3. The number of hydrogen-bond donors (Lipinski definition) is 3. The number of Topliss-reactive ketones (excluding diaryl/α,β-unsaturated/α-hetero) is 2. The third kappa shape index (κ3) is 4.23. The lowest BCUT2D eigenvalue weighted by Crippen LogP contribution is -2.39. The summed E-state index contributed by atoms with van der Waals surface area (Å²) >= 11 is 0. The summed E-state index contributed by atoms with van der Waals surface area (Å²) in [6, 6.07) is 0.300. The van der Waals surface area contributed by atoms with Gasteiger partial charge in [0.05, 0.1) is 19.8 Å². The summed E-state index contributed by atoms with van der Waals surface area (Å²) in [5, 5.41) is 22.3. The monoisotopic (exact) mass is 405 g/mol. The first-order valence-electron chi connectivity index (χ1n) is 8.90. The Kier molecular flexibility index (Phi) is 6.63. The SMILES string of the molecule is COC1=C(C)C(=O)c2c(cc(OC)c(CCC[C@H](NC(C)=O)C(=O)O)c2O)C1=O. The fraction of sp³-hybridized carbons (Fsp3) is 0.400. The average Bonchev–Trinajstić information content (AvgIpc) is 2.66. The number of carbonyl (C=O) groups is 4. The van der Waals surface area contributed by atoms with Gasteiger partial charge in [-0.25, -0.2) is 4.79 Å². The first-order chi connectivity index (χ1) is 13.6. The van der Waals surface area contributed by atoms with Gasteiger partial charge in [-0.15, -0.1) is 0 Å². The maximum atomic E-state index is 12.7. The van der Waals surface area contributed by atoms with Crippen molar-refractivity contribution in [3.63, 3.8) is 0 Å². The minimum absolute atomic E-state index is 0.0165. The molecule has 9 heteroatoms. The zero-order chi connectivity index (χ0) is 21.9. The van der Waals surface area contributed by atoms with Crippen LogP contribution in [0.15, 0.2) is 17.4 Å². The van der Waals surface area contributed by atoms with Gasteiger partial charge in [0.1, 0.15) is 17.5 Å². The lowest BCUT2D eigenvalue weighted by molar-refractivity contribution is -0.141. The number of rotatable bonds is 8. The van der Waals surface area contributed by atoms with Crippen LogP contribution in [-0.4, -0.2) is 53.9 Å². The fourth-order valence-electron chi connectivity index (χ4n) is 3.33. The Hall–Kier alpha value is -3.36. The van der Waals surface area contributed by atoms with Crippen molar-refractivity contribution in [2.45, 2.75) is 39.2 Å². The van der Waals surface area contributed by atoms with E-state index in [9.17, 15) is 29.4 Å². The van der Waals surface area contributed by atoms with E-state index in [4.69, 9.17) is 9.47 Å². The maximum absolute atomic E-state index is 12.7. The second-order valence-corrected chi connectivity index (χ2v) is 6.63. The molecule has 0 unspecified atom stereocenters. The lowest BCUT2D eigenvalue weighted by atomic mass is 9.85. The van der Waals surface area contributed by atoms with Crippen LogP contribution < -0.4 is 10.1 Å². The number of carboxylic acid groups (broad SMARTS) is 1. The average molecular weight is 405 g/mol. The van der Waals surface area contributed by atoms with Crippen molar-refractivity contribution in [2.75, 3.05) is 14.2 Å². The molecule has 0 spiro atoms. The van der Waals surface area contributed by atoms with Crippen molar-refractivity contribution < 1.29 is 38.9 Å². The molecule has 0 heterocycles. The van der Waals surface area contributed by atoms with Crippen LogP contribution in [0.2, 0.25) is 0 Å². The van der Waals surface area contributed by atoms with Crippen LogP contribution in [0.1, 0.15) is 53.0 Å². The number of benzene rings is 1. The van der Waals surface area contributed by atoms with E-state index < -0.39 is 29.5 Å². The van der Waals surface area contributed by atoms with Crippen molar-refractivity contribution >= 4 is 23.4 Å². The molecule has 3 N–H and O–H groups in total. The van der Waals surface area contributed by atoms with Crippen molar-refractivity contribution in [1.82, 2.24) is 5.32 Å². The molecule has 0 radical (unpaired) electrons. The highest BCUT2D eigenvalue weighted by Crippen LogP contribution is 2.40. The van der Waals surface area contributed by atoms with E-state index >= 15 is 0 Å². The zero-order valence-corrected chi connectivity index (χ0v) is 16.6. The Balaban J connectivity index is 2.37. The van der Waals surface area contributed by atoms with Gasteiger partial charge in [0, 0.05) is 23.6 Å². The van der Waals surface area contributed by atoms with Gasteiger partial charge in [-0.05, 0) is 32.3 Å². The van der Waals surface area contributed by atoms with E-state index in [2.05, 4.69) is 5.32 Å². The number of nitrogens with one attached hydrogen (secondary N) is 1. The molecule has 1 amide bonds. The number of aromatic hydroxyl groups is 1. The Morgan fingerprint density at radius 3 is 2.34 bits per heavy atom. The topological polar surface area (TPSA) is 139 Å². The minimum atomic E-state index is -1.17. The van der Waals surface area contributed by atoms with Crippen LogP contribution in [0.25, 0.3) is 0 Å². The van der Waals surface area contributed by atoms with Gasteiger partial charge in [-0.1, -0.05) is 0 Å². The fourth-order valence-corrected chi connectivity index (χ4v) is 3.33. The van der Waals surface area contributed by atoms with Crippen molar-refractivity contribution in [1.29, 1.82) is 0 Å². The Labute approximate surface area is 167 Å². The molecule has 1 aromatic rings. The molecule has 156 valence electrons. The molecule has 0 saturated carbocycles. The van der Waals surface area contributed by atoms with Crippen molar-refractivity contribution in [3.8, 4) is 11.5 Å². The number of fused-ring (bicyclic) bond motifs is 1. The number of carboxylic acids is 1. The third-order valence-corrected chi connectivity index (χ3v) is 4.74. The second-order valence-electron chi connectivity index (χ2n) is 6.63. The zero-order valence-electron chi connectivity index (χ0n) is 16.6. The molecule has 1 aromatic carbocycles. The van der Waals surface area contributed by atoms with Crippen LogP contribution in [-0.2, 0) is 20.7 Å². The molecular weight excluding hydrogens is 382 g/mol. The van der Waals surface area contributed by atoms with Crippen LogP contribution in [0.5, 0.6) is 11.5 Å². The summed E-state index contributed by atoms with van der Waals surface area (Å²) in [4.78, 5) is 47.7. The van der Waals surface area contributed by atoms with E-state index in [1.165, 1.54) is 34.1 Å². The number of ketones is 2. The predicted molar refractivity (Wildman–Crippen MR) is 101 cm³/mol. The van der Waals surface area contributed by atoms with E-state index in [1.807, 2.05) is 0 Å². The van der Waals surface area contributed by atoms with Crippen LogP contribution in [0.3, 0.4) is 0 Å². The standard InChI is InChI=1S/C20H23NO8/c1-9-16(23)15-12(18(25)19(9)29-4)8-14(28-3)11(17(15)24)6-5-7-13(20(26)27)21-10(2)22/h8,13,24H,5-7H2,1-4H3,(H,21,22)(H,26,27)/t13-/m0/s1. The molecule has 0 aromatic heterocycles. The first-order valence-corrected chi connectivity index (χ1v) is 8.90. The highest BCUT2D eigenvalue weighted by molar-refractivity contribution is 6.27. The molecular formula is C20H23NO8. The van der Waals surface area contributed by atoms with Crippen molar-refractivity contribution in [2.24, 2.45) is 0 Å². The first kappa shape index (κ1) is 21.9. The number of carbonyl (C=O) groups excluding carboxylic acids is 3. The second kappa shape index (κ2) is 8.76. The number of phenolic OH excluding ortho intramolecular Hbond substituents is 1. The van der Waals surface area contributed by atoms with Gasteiger partial charge in [0.25, 0.3) is 0 Å². The Morgan fingerprint density at radius 1 is 1.17 bits per heavy atom. The highest BCUT2D eigenvalue weighted by atomic mass is 16.5. The highest BCUT2D eigenvalue weighted by Gasteiger charge is 2.35. The maximum Gasteiger partial charge on any atom is 0.326 e. The molecule has 0 bridgehead atoms. The van der Waals surface area contributed by atoms with Crippen molar-refractivity contribution in [3.05, 3.63) is 34.1 Å². The summed E-state index contributed by atoms with van der Waals surface area (Å²) in [7, 11) is 2.64. The van der Waals surface area contributed by atoms with Crippen LogP contribution in [0, 0.1) is 0 Å².